The lowest BCUT2D eigenvalue weighted by atomic mass is 10.1. The molecule has 1 heterocycles. The van der Waals surface area contributed by atoms with Crippen LogP contribution in [0.5, 0.6) is 11.5 Å². The first-order valence-electron chi connectivity index (χ1n) is 8.93. The van der Waals surface area contributed by atoms with E-state index in [4.69, 9.17) is 9.47 Å². The van der Waals surface area contributed by atoms with Crippen LogP contribution in [0.15, 0.2) is 64.2 Å². The zero-order chi connectivity index (χ0) is 19.8. The molecule has 2 aromatic carbocycles. The molecule has 1 amide bonds. The van der Waals surface area contributed by atoms with Gasteiger partial charge in [-0.25, -0.2) is 0 Å². The summed E-state index contributed by atoms with van der Waals surface area (Å²) in [7, 11) is 3.24. The third kappa shape index (κ3) is 5.30. The van der Waals surface area contributed by atoms with E-state index in [-0.39, 0.29) is 5.91 Å². The van der Waals surface area contributed by atoms with Gasteiger partial charge in [0.05, 0.1) is 19.8 Å². The van der Waals surface area contributed by atoms with E-state index in [1.807, 2.05) is 42.5 Å². The fraction of sp³-hybridized carbons (Fsp3) is 0.227. The van der Waals surface area contributed by atoms with Crippen molar-refractivity contribution in [3.05, 3.63) is 76.0 Å². The molecule has 0 saturated carbocycles. The van der Waals surface area contributed by atoms with Gasteiger partial charge in [-0.05, 0) is 58.6 Å². The number of nitrogens with one attached hydrogen (secondary N) is 1. The van der Waals surface area contributed by atoms with Gasteiger partial charge in [0.2, 0.25) is 0 Å². The molecule has 4 nitrogen and oxygen atoms in total. The van der Waals surface area contributed by atoms with Gasteiger partial charge in [0.15, 0.2) is 11.5 Å². The van der Waals surface area contributed by atoms with E-state index in [9.17, 15) is 4.79 Å². The Bertz CT molecular complexity index is 910. The van der Waals surface area contributed by atoms with Crippen molar-refractivity contribution in [2.45, 2.75) is 17.1 Å². The van der Waals surface area contributed by atoms with Crippen LogP contribution in [0, 0.1) is 0 Å². The van der Waals surface area contributed by atoms with Gasteiger partial charge in [-0.15, -0.1) is 11.8 Å². The molecule has 28 heavy (non-hydrogen) atoms. The van der Waals surface area contributed by atoms with E-state index >= 15 is 0 Å². The lowest BCUT2D eigenvalue weighted by Gasteiger charge is -2.11. The van der Waals surface area contributed by atoms with E-state index < -0.39 is 0 Å². The van der Waals surface area contributed by atoms with Crippen LogP contribution < -0.4 is 14.8 Å². The molecule has 0 radical (unpaired) electrons. The van der Waals surface area contributed by atoms with Crippen LogP contribution in [-0.2, 0) is 12.2 Å². The molecule has 0 spiro atoms. The highest BCUT2D eigenvalue weighted by atomic mass is 32.2. The van der Waals surface area contributed by atoms with Crippen molar-refractivity contribution in [1.82, 2.24) is 5.32 Å². The third-order valence-electron chi connectivity index (χ3n) is 4.25. The smallest absolute Gasteiger partial charge is 0.252 e. The van der Waals surface area contributed by atoms with Crippen molar-refractivity contribution in [3.63, 3.8) is 0 Å². The molecule has 6 heteroatoms. The first-order chi connectivity index (χ1) is 13.7. The summed E-state index contributed by atoms with van der Waals surface area (Å²) >= 11 is 3.38. The molecular formula is C22H23NO3S2. The molecule has 0 atom stereocenters. The molecule has 146 valence electrons. The summed E-state index contributed by atoms with van der Waals surface area (Å²) < 4.78 is 10.6. The fourth-order valence-corrected chi connectivity index (χ4v) is 4.53. The Hall–Kier alpha value is -2.44. The second-order valence-corrected chi connectivity index (χ2v) is 7.91. The number of hydrogen-bond donors (Lipinski definition) is 1. The normalized spacial score (nSPS) is 10.5. The first-order valence-corrected chi connectivity index (χ1v) is 10.9. The third-order valence-corrected chi connectivity index (χ3v) is 6.13. The second kappa shape index (κ2) is 10.2. The van der Waals surface area contributed by atoms with E-state index in [2.05, 4.69) is 22.1 Å². The number of thioether (sulfide) groups is 1. The maximum atomic E-state index is 12.7. The predicted molar refractivity (Wildman–Crippen MR) is 116 cm³/mol. The van der Waals surface area contributed by atoms with Gasteiger partial charge in [-0.2, -0.15) is 11.3 Å². The number of amides is 1. The molecule has 1 aromatic heterocycles. The Balaban J connectivity index is 1.58. The Morgan fingerprint density at radius 1 is 1.04 bits per heavy atom. The van der Waals surface area contributed by atoms with E-state index in [1.165, 1.54) is 5.56 Å². The Morgan fingerprint density at radius 3 is 2.61 bits per heavy atom. The molecule has 0 bridgehead atoms. The fourth-order valence-electron chi connectivity index (χ4n) is 2.77. The molecule has 1 N–H and O–H groups in total. The van der Waals surface area contributed by atoms with Crippen molar-refractivity contribution in [3.8, 4) is 11.5 Å². The maximum Gasteiger partial charge on any atom is 0.252 e. The zero-order valence-electron chi connectivity index (χ0n) is 15.9. The SMILES string of the molecule is COc1ccc(CCNC(=O)c2ccccc2SCc2ccsc2)cc1OC. The summed E-state index contributed by atoms with van der Waals surface area (Å²) in [6, 6.07) is 15.7. The lowest BCUT2D eigenvalue weighted by Crippen LogP contribution is -2.26. The quantitative estimate of drug-likeness (QED) is 0.500. The van der Waals surface area contributed by atoms with Gasteiger partial charge in [0, 0.05) is 17.2 Å². The minimum Gasteiger partial charge on any atom is -0.493 e. The number of benzene rings is 2. The first kappa shape index (κ1) is 20.3. The molecule has 0 aliphatic rings. The standard InChI is InChI=1S/C22H23NO3S2/c1-25-19-8-7-16(13-20(19)26-2)9-11-23-22(24)18-5-3-4-6-21(18)28-15-17-10-12-27-14-17/h3-8,10,12-14H,9,11,15H2,1-2H3,(H,23,24). The second-order valence-electron chi connectivity index (χ2n) is 6.11. The van der Waals surface area contributed by atoms with Gasteiger partial charge >= 0.3 is 0 Å². The molecule has 0 saturated heterocycles. The highest BCUT2D eigenvalue weighted by molar-refractivity contribution is 7.98. The predicted octanol–water partition coefficient (Wildman–Crippen LogP) is 5.03. The van der Waals surface area contributed by atoms with Crippen molar-refractivity contribution in [2.24, 2.45) is 0 Å². The number of carbonyl (C=O) groups excluding carboxylic acids is 1. The molecular weight excluding hydrogens is 390 g/mol. The average molecular weight is 414 g/mol. The summed E-state index contributed by atoms with van der Waals surface area (Å²) in [5, 5.41) is 7.23. The van der Waals surface area contributed by atoms with Gasteiger partial charge in [-0.3, -0.25) is 4.79 Å². The highest BCUT2D eigenvalue weighted by Gasteiger charge is 2.12. The summed E-state index contributed by atoms with van der Waals surface area (Å²) in [5.74, 6) is 2.21. The van der Waals surface area contributed by atoms with Gasteiger partial charge < -0.3 is 14.8 Å². The van der Waals surface area contributed by atoms with Crippen LogP contribution >= 0.6 is 23.1 Å². The number of hydrogen-bond acceptors (Lipinski definition) is 5. The number of carbonyl (C=O) groups is 1. The van der Waals surface area contributed by atoms with Crippen molar-refractivity contribution >= 4 is 29.0 Å². The number of ether oxygens (including phenoxy) is 2. The van der Waals surface area contributed by atoms with Crippen LogP contribution in [-0.4, -0.2) is 26.7 Å². The van der Waals surface area contributed by atoms with Gasteiger partial charge in [0.25, 0.3) is 5.91 Å². The zero-order valence-corrected chi connectivity index (χ0v) is 17.6. The van der Waals surface area contributed by atoms with Crippen LogP contribution in [0.2, 0.25) is 0 Å². The van der Waals surface area contributed by atoms with E-state index in [0.717, 1.165) is 28.2 Å². The number of rotatable bonds is 9. The molecule has 0 aliphatic heterocycles. The molecule has 3 aromatic rings. The highest BCUT2D eigenvalue weighted by Crippen LogP contribution is 2.28. The molecule has 0 aliphatic carbocycles. The molecule has 3 rings (SSSR count). The van der Waals surface area contributed by atoms with Crippen molar-refractivity contribution < 1.29 is 14.3 Å². The summed E-state index contributed by atoms with van der Waals surface area (Å²) in [6.07, 6.45) is 0.719. The maximum absolute atomic E-state index is 12.7. The van der Waals surface area contributed by atoms with Crippen LogP contribution in [0.3, 0.4) is 0 Å². The van der Waals surface area contributed by atoms with Gasteiger partial charge in [0.1, 0.15) is 0 Å². The van der Waals surface area contributed by atoms with Crippen LogP contribution in [0.1, 0.15) is 21.5 Å². The summed E-state index contributed by atoms with van der Waals surface area (Å²) in [6.45, 7) is 0.553. The molecule has 0 unspecified atom stereocenters. The monoisotopic (exact) mass is 413 g/mol. The Morgan fingerprint density at radius 2 is 1.86 bits per heavy atom. The minimum absolute atomic E-state index is 0.0473. The summed E-state index contributed by atoms with van der Waals surface area (Å²) in [4.78, 5) is 13.7. The largest absolute Gasteiger partial charge is 0.493 e. The van der Waals surface area contributed by atoms with E-state index in [1.54, 1.807) is 37.3 Å². The van der Waals surface area contributed by atoms with Crippen LogP contribution in [0.4, 0.5) is 0 Å². The number of methoxy groups -OCH3 is 2. The van der Waals surface area contributed by atoms with Crippen molar-refractivity contribution in [2.75, 3.05) is 20.8 Å². The average Bonchev–Trinajstić information content (AvgIpc) is 3.26. The minimum atomic E-state index is -0.0473. The summed E-state index contributed by atoms with van der Waals surface area (Å²) in [5.41, 5.74) is 3.08. The van der Waals surface area contributed by atoms with Gasteiger partial charge in [-0.1, -0.05) is 18.2 Å². The van der Waals surface area contributed by atoms with Crippen molar-refractivity contribution in [1.29, 1.82) is 0 Å². The lowest BCUT2D eigenvalue weighted by molar-refractivity contribution is 0.0951. The van der Waals surface area contributed by atoms with E-state index in [0.29, 0.717) is 18.0 Å². The number of thiophene rings is 1. The Labute approximate surface area is 173 Å². The topological polar surface area (TPSA) is 47.6 Å². The Kier molecular flexibility index (Phi) is 7.39. The molecule has 0 fully saturated rings. The van der Waals surface area contributed by atoms with Crippen LogP contribution in [0.25, 0.3) is 0 Å².